The number of hydrogen-bond donors (Lipinski definition) is 1. The fourth-order valence-electron chi connectivity index (χ4n) is 1.62. The highest BCUT2D eigenvalue weighted by atomic mass is 79.9. The van der Waals surface area contributed by atoms with Crippen molar-refractivity contribution in [2.45, 2.75) is 31.9 Å². The maximum absolute atomic E-state index is 5.51. The lowest BCUT2D eigenvalue weighted by molar-refractivity contribution is 0.0992. The molecule has 1 aromatic rings. The van der Waals surface area contributed by atoms with Crippen molar-refractivity contribution in [2.24, 2.45) is 0 Å². The van der Waals surface area contributed by atoms with Gasteiger partial charge in [-0.15, -0.1) is 5.10 Å². The smallest absolute Gasteiger partial charge is 0.240 e. The Kier molecular flexibility index (Phi) is 3.02. The van der Waals surface area contributed by atoms with Crippen LogP contribution in [0.25, 0.3) is 0 Å². The fourth-order valence-corrected chi connectivity index (χ4v) is 2.06. The number of nitrogen functional groups attached to an aromatic ring is 1. The van der Waals surface area contributed by atoms with E-state index < -0.39 is 0 Å². The van der Waals surface area contributed by atoms with E-state index in [1.165, 1.54) is 6.42 Å². The molecule has 14 heavy (non-hydrogen) atoms. The molecule has 0 radical (unpaired) electrons. The highest BCUT2D eigenvalue weighted by Crippen LogP contribution is 2.17. The number of halogens is 1. The van der Waals surface area contributed by atoms with Gasteiger partial charge in [-0.3, -0.25) is 0 Å². The maximum Gasteiger partial charge on any atom is 0.240 e. The number of ether oxygens (including phenoxy) is 1. The number of nitrogens with two attached hydrogens (primary N) is 1. The van der Waals surface area contributed by atoms with Crippen molar-refractivity contribution >= 4 is 21.9 Å². The molecule has 1 unspecified atom stereocenters. The zero-order valence-corrected chi connectivity index (χ0v) is 9.40. The quantitative estimate of drug-likeness (QED) is 0.887. The van der Waals surface area contributed by atoms with Gasteiger partial charge in [0.25, 0.3) is 0 Å². The Balaban J connectivity index is 1.87. The standard InChI is InChI=1S/C8H13BrN4O/c9-7-11-8(10)12-13(7)4-3-6-2-1-5-14-6/h6H,1-5H2,(H2,10,12). The molecule has 1 fully saturated rings. The predicted octanol–water partition coefficient (Wildman–Crippen LogP) is 1.19. The van der Waals surface area contributed by atoms with Crippen LogP contribution in [0, 0.1) is 0 Å². The number of nitrogens with zero attached hydrogens (tertiary/aromatic N) is 3. The summed E-state index contributed by atoms with van der Waals surface area (Å²) in [6.45, 7) is 1.70. The molecule has 1 saturated heterocycles. The van der Waals surface area contributed by atoms with Crippen molar-refractivity contribution in [3.05, 3.63) is 4.73 Å². The molecule has 2 N–H and O–H groups in total. The highest BCUT2D eigenvalue weighted by molar-refractivity contribution is 9.10. The Morgan fingerprint density at radius 2 is 2.50 bits per heavy atom. The molecule has 0 saturated carbocycles. The Morgan fingerprint density at radius 3 is 3.07 bits per heavy atom. The molecule has 1 aliphatic heterocycles. The van der Waals surface area contributed by atoms with E-state index in [1.807, 2.05) is 0 Å². The van der Waals surface area contributed by atoms with Crippen molar-refractivity contribution in [1.29, 1.82) is 0 Å². The second-order valence-electron chi connectivity index (χ2n) is 3.39. The molecule has 0 amide bonds. The molecule has 78 valence electrons. The fraction of sp³-hybridized carbons (Fsp3) is 0.750. The highest BCUT2D eigenvalue weighted by Gasteiger charge is 2.16. The van der Waals surface area contributed by atoms with E-state index in [2.05, 4.69) is 26.0 Å². The minimum Gasteiger partial charge on any atom is -0.378 e. The molecule has 2 heterocycles. The van der Waals surface area contributed by atoms with Crippen LogP contribution in [0.4, 0.5) is 5.95 Å². The first kappa shape index (κ1) is 9.92. The van der Waals surface area contributed by atoms with E-state index >= 15 is 0 Å². The third-order valence-corrected chi connectivity index (χ3v) is 2.92. The van der Waals surface area contributed by atoms with E-state index in [1.54, 1.807) is 4.68 Å². The van der Waals surface area contributed by atoms with Gasteiger partial charge in [-0.2, -0.15) is 4.98 Å². The zero-order valence-electron chi connectivity index (χ0n) is 7.82. The second kappa shape index (κ2) is 4.27. The molecule has 1 aliphatic rings. The van der Waals surface area contributed by atoms with Gasteiger partial charge in [0.1, 0.15) is 0 Å². The summed E-state index contributed by atoms with van der Waals surface area (Å²) in [4.78, 5) is 3.96. The van der Waals surface area contributed by atoms with Gasteiger partial charge in [0.15, 0.2) is 4.73 Å². The van der Waals surface area contributed by atoms with Crippen molar-refractivity contribution in [1.82, 2.24) is 14.8 Å². The molecule has 0 spiro atoms. The summed E-state index contributed by atoms with van der Waals surface area (Å²) < 4.78 is 7.96. The van der Waals surface area contributed by atoms with Crippen LogP contribution in [0.5, 0.6) is 0 Å². The topological polar surface area (TPSA) is 66.0 Å². The molecule has 1 aromatic heterocycles. The van der Waals surface area contributed by atoms with Crippen molar-refractivity contribution in [3.63, 3.8) is 0 Å². The molecular weight excluding hydrogens is 248 g/mol. The van der Waals surface area contributed by atoms with Crippen LogP contribution in [0.15, 0.2) is 4.73 Å². The van der Waals surface area contributed by atoms with Gasteiger partial charge in [0.05, 0.1) is 6.10 Å². The van der Waals surface area contributed by atoms with E-state index in [0.717, 1.165) is 26.0 Å². The summed E-state index contributed by atoms with van der Waals surface area (Å²) in [6, 6.07) is 0. The Morgan fingerprint density at radius 1 is 1.64 bits per heavy atom. The Labute approximate surface area is 90.8 Å². The first-order chi connectivity index (χ1) is 6.75. The number of aryl methyl sites for hydroxylation is 1. The van der Waals surface area contributed by atoms with Gasteiger partial charge >= 0.3 is 0 Å². The molecule has 0 bridgehead atoms. The largest absolute Gasteiger partial charge is 0.378 e. The minimum absolute atomic E-state index is 0.309. The molecule has 5 nitrogen and oxygen atoms in total. The molecule has 0 aliphatic carbocycles. The van der Waals surface area contributed by atoms with E-state index in [0.29, 0.717) is 16.8 Å². The predicted molar refractivity (Wildman–Crippen MR) is 55.7 cm³/mol. The third-order valence-electron chi connectivity index (χ3n) is 2.33. The van der Waals surface area contributed by atoms with E-state index in [-0.39, 0.29) is 0 Å². The van der Waals surface area contributed by atoms with Gasteiger partial charge in [-0.25, -0.2) is 4.68 Å². The van der Waals surface area contributed by atoms with E-state index in [9.17, 15) is 0 Å². The molecule has 0 aromatic carbocycles. The summed E-state index contributed by atoms with van der Waals surface area (Å²) >= 11 is 3.30. The normalized spacial score (nSPS) is 21.6. The van der Waals surface area contributed by atoms with Crippen LogP contribution in [0.1, 0.15) is 19.3 Å². The number of hydrogen-bond acceptors (Lipinski definition) is 4. The Bertz CT molecular complexity index is 308. The van der Waals surface area contributed by atoms with Crippen molar-refractivity contribution in [3.8, 4) is 0 Å². The first-order valence-electron chi connectivity index (χ1n) is 4.73. The summed E-state index contributed by atoms with van der Waals surface area (Å²) in [7, 11) is 0. The average Bonchev–Trinajstić information content (AvgIpc) is 2.72. The summed E-state index contributed by atoms with van der Waals surface area (Å²) in [6.07, 6.45) is 3.68. The van der Waals surface area contributed by atoms with Crippen LogP contribution in [0.3, 0.4) is 0 Å². The lowest BCUT2D eigenvalue weighted by atomic mass is 10.2. The second-order valence-corrected chi connectivity index (χ2v) is 4.10. The van der Waals surface area contributed by atoms with Gasteiger partial charge in [-0.05, 0) is 35.2 Å². The van der Waals surface area contributed by atoms with Gasteiger partial charge in [-0.1, -0.05) is 0 Å². The lowest BCUT2D eigenvalue weighted by Gasteiger charge is -2.08. The molecule has 2 rings (SSSR count). The molecule has 6 heteroatoms. The number of rotatable bonds is 3. The van der Waals surface area contributed by atoms with Crippen LogP contribution < -0.4 is 5.73 Å². The van der Waals surface area contributed by atoms with Gasteiger partial charge in [0, 0.05) is 13.2 Å². The number of aromatic nitrogens is 3. The van der Waals surface area contributed by atoms with Crippen LogP contribution in [-0.4, -0.2) is 27.5 Å². The molecule has 1 atom stereocenters. The zero-order chi connectivity index (χ0) is 9.97. The maximum atomic E-state index is 5.51. The van der Waals surface area contributed by atoms with Crippen molar-refractivity contribution < 1.29 is 4.74 Å². The van der Waals surface area contributed by atoms with Gasteiger partial charge in [0.2, 0.25) is 5.95 Å². The van der Waals surface area contributed by atoms with Crippen LogP contribution in [0.2, 0.25) is 0 Å². The van der Waals surface area contributed by atoms with Crippen LogP contribution in [-0.2, 0) is 11.3 Å². The van der Waals surface area contributed by atoms with Crippen molar-refractivity contribution in [2.75, 3.05) is 12.3 Å². The monoisotopic (exact) mass is 260 g/mol. The molecular formula is C8H13BrN4O. The van der Waals surface area contributed by atoms with Gasteiger partial charge < -0.3 is 10.5 Å². The summed E-state index contributed by atoms with van der Waals surface area (Å²) in [5, 5.41) is 4.05. The average molecular weight is 261 g/mol. The first-order valence-corrected chi connectivity index (χ1v) is 5.52. The third kappa shape index (κ3) is 2.24. The lowest BCUT2D eigenvalue weighted by Crippen LogP contribution is -2.11. The summed E-state index contributed by atoms with van der Waals surface area (Å²) in [5.41, 5.74) is 5.46. The van der Waals surface area contributed by atoms with Crippen LogP contribution >= 0.6 is 15.9 Å². The SMILES string of the molecule is Nc1nc(Br)n(CCC2CCCO2)n1. The Hall–Kier alpha value is -0.620. The van der Waals surface area contributed by atoms with E-state index in [4.69, 9.17) is 10.5 Å². The minimum atomic E-state index is 0.309. The summed E-state index contributed by atoms with van der Waals surface area (Å²) in [5.74, 6) is 0.309. The number of anilines is 1.